The number of carbonyl (C=O) groups excluding carboxylic acids is 1. The Balaban J connectivity index is 1.66. The summed E-state index contributed by atoms with van der Waals surface area (Å²) in [6.45, 7) is 4.41. The summed E-state index contributed by atoms with van der Waals surface area (Å²) < 4.78 is 0. The molecule has 0 saturated heterocycles. The molecule has 0 aromatic rings. The Bertz CT molecular complexity index is 516. The van der Waals surface area contributed by atoms with Crippen molar-refractivity contribution in [2.45, 2.75) is 77.2 Å². The molecule has 2 fully saturated rings. The van der Waals surface area contributed by atoms with Crippen molar-refractivity contribution >= 4 is 5.78 Å². The fraction of sp³-hybridized carbons (Fsp3) is 0.842. The van der Waals surface area contributed by atoms with E-state index in [4.69, 9.17) is 0 Å². The van der Waals surface area contributed by atoms with Crippen LogP contribution < -0.4 is 0 Å². The van der Waals surface area contributed by atoms with Crippen LogP contribution in [0.5, 0.6) is 0 Å². The minimum Gasteiger partial charge on any atom is -0.390 e. The van der Waals surface area contributed by atoms with E-state index in [1.165, 1.54) is 24.8 Å². The highest BCUT2D eigenvalue weighted by molar-refractivity contribution is 5.82. The number of hydrogen-bond acceptors (Lipinski definition) is 2. The van der Waals surface area contributed by atoms with Gasteiger partial charge in [-0.25, -0.2) is 0 Å². The summed E-state index contributed by atoms with van der Waals surface area (Å²) in [6.07, 6.45) is 9.55. The molecule has 21 heavy (non-hydrogen) atoms. The zero-order valence-corrected chi connectivity index (χ0v) is 13.5. The summed E-state index contributed by atoms with van der Waals surface area (Å²) in [6, 6.07) is 0. The van der Waals surface area contributed by atoms with E-state index in [0.717, 1.165) is 50.4 Å². The first-order chi connectivity index (χ1) is 9.92. The van der Waals surface area contributed by atoms with Crippen molar-refractivity contribution in [3.8, 4) is 0 Å². The predicted octanol–water partition coefficient (Wildman–Crippen LogP) is 4.02. The van der Waals surface area contributed by atoms with E-state index in [-0.39, 0.29) is 5.41 Å². The number of ketones is 1. The van der Waals surface area contributed by atoms with Crippen LogP contribution in [0.4, 0.5) is 0 Å². The number of carbonyl (C=O) groups is 1. The molecule has 2 nitrogen and oxygen atoms in total. The van der Waals surface area contributed by atoms with Crippen LogP contribution in [-0.4, -0.2) is 16.5 Å². The van der Waals surface area contributed by atoms with Crippen molar-refractivity contribution in [3.63, 3.8) is 0 Å². The highest BCUT2D eigenvalue weighted by Gasteiger charge is 2.59. The van der Waals surface area contributed by atoms with Gasteiger partial charge < -0.3 is 5.11 Å². The minimum atomic E-state index is -0.472. The molecule has 4 aliphatic carbocycles. The molecule has 4 aliphatic rings. The van der Waals surface area contributed by atoms with Gasteiger partial charge in [0.15, 0.2) is 0 Å². The third kappa shape index (κ3) is 1.84. The second kappa shape index (κ2) is 4.44. The molecule has 2 heteroatoms. The fourth-order valence-corrected chi connectivity index (χ4v) is 6.29. The standard InChI is InChI=1S/C19H28O2/c1-18-9-7-15-14-6-4-13(20)11-12(14)3-5-16(15)17(18)8-10-19(18,2)21/h15-17,21H,3-11H2,1-2H3/t15?,16?,17?,18-,19-/m0/s1. The van der Waals surface area contributed by atoms with Crippen LogP contribution in [0.3, 0.4) is 0 Å². The van der Waals surface area contributed by atoms with Crippen molar-refractivity contribution in [2.75, 3.05) is 0 Å². The van der Waals surface area contributed by atoms with Crippen LogP contribution in [-0.2, 0) is 4.79 Å². The molecule has 4 rings (SSSR count). The Morgan fingerprint density at radius 1 is 1.05 bits per heavy atom. The normalized spacial score (nSPS) is 49.7. The van der Waals surface area contributed by atoms with Crippen LogP contribution in [0, 0.1) is 23.2 Å². The van der Waals surface area contributed by atoms with E-state index >= 15 is 0 Å². The van der Waals surface area contributed by atoms with Gasteiger partial charge in [0, 0.05) is 12.8 Å². The molecule has 2 saturated carbocycles. The van der Waals surface area contributed by atoms with Gasteiger partial charge in [-0.3, -0.25) is 4.79 Å². The Hall–Kier alpha value is -0.630. The average molecular weight is 288 g/mol. The number of fused-ring (bicyclic) bond motifs is 4. The maximum atomic E-state index is 11.7. The molecule has 116 valence electrons. The van der Waals surface area contributed by atoms with E-state index in [1.807, 2.05) is 0 Å². The first kappa shape index (κ1) is 14.0. The van der Waals surface area contributed by atoms with Gasteiger partial charge in [-0.05, 0) is 75.0 Å². The summed E-state index contributed by atoms with van der Waals surface area (Å²) in [5.41, 5.74) is 2.82. The Morgan fingerprint density at radius 2 is 1.86 bits per heavy atom. The largest absolute Gasteiger partial charge is 0.390 e. The van der Waals surface area contributed by atoms with Gasteiger partial charge in [0.1, 0.15) is 5.78 Å². The number of Topliss-reactive ketones (excluding diaryl/α,β-unsaturated/α-hetero) is 1. The summed E-state index contributed by atoms with van der Waals surface area (Å²) in [5, 5.41) is 10.8. The molecule has 5 atom stereocenters. The molecular weight excluding hydrogens is 260 g/mol. The summed E-state index contributed by atoms with van der Waals surface area (Å²) in [4.78, 5) is 11.7. The maximum absolute atomic E-state index is 11.7. The van der Waals surface area contributed by atoms with Gasteiger partial charge >= 0.3 is 0 Å². The van der Waals surface area contributed by atoms with E-state index in [9.17, 15) is 9.90 Å². The van der Waals surface area contributed by atoms with Gasteiger partial charge in [0.25, 0.3) is 0 Å². The van der Waals surface area contributed by atoms with Crippen LogP contribution in [0.25, 0.3) is 0 Å². The van der Waals surface area contributed by atoms with E-state index in [0.29, 0.717) is 11.7 Å². The third-order valence-electron chi connectivity index (χ3n) is 7.76. The topological polar surface area (TPSA) is 37.3 Å². The highest BCUT2D eigenvalue weighted by Crippen LogP contribution is 2.64. The predicted molar refractivity (Wildman–Crippen MR) is 82.8 cm³/mol. The number of aliphatic hydroxyl groups is 1. The summed E-state index contributed by atoms with van der Waals surface area (Å²) >= 11 is 0. The molecule has 0 bridgehead atoms. The van der Waals surface area contributed by atoms with Gasteiger partial charge in [0.2, 0.25) is 0 Å². The molecule has 3 unspecified atom stereocenters. The fourth-order valence-electron chi connectivity index (χ4n) is 6.29. The molecule has 0 aliphatic heterocycles. The SMILES string of the molecule is C[C@]1(O)CCC2C3CCC4=C(CCC(=O)C4)C3CC[C@@]21C. The van der Waals surface area contributed by atoms with Crippen molar-refractivity contribution in [2.24, 2.45) is 23.2 Å². The molecule has 0 spiro atoms. The Morgan fingerprint density at radius 3 is 2.67 bits per heavy atom. The van der Waals surface area contributed by atoms with Crippen molar-refractivity contribution < 1.29 is 9.90 Å². The number of hydrogen-bond donors (Lipinski definition) is 1. The highest BCUT2D eigenvalue weighted by atomic mass is 16.3. The second-order valence-electron chi connectivity index (χ2n) is 8.53. The van der Waals surface area contributed by atoms with Crippen LogP contribution >= 0.6 is 0 Å². The number of rotatable bonds is 0. The van der Waals surface area contributed by atoms with E-state index in [2.05, 4.69) is 13.8 Å². The van der Waals surface area contributed by atoms with E-state index < -0.39 is 5.60 Å². The maximum Gasteiger partial charge on any atom is 0.137 e. The monoisotopic (exact) mass is 288 g/mol. The Labute approximate surface area is 128 Å². The second-order valence-corrected chi connectivity index (χ2v) is 8.53. The van der Waals surface area contributed by atoms with Gasteiger partial charge in [-0.1, -0.05) is 18.1 Å². The Kier molecular flexibility index (Phi) is 2.96. The van der Waals surface area contributed by atoms with Crippen LogP contribution in [0.15, 0.2) is 11.1 Å². The lowest BCUT2D eigenvalue weighted by Gasteiger charge is -2.53. The first-order valence-corrected chi connectivity index (χ1v) is 8.87. The lowest BCUT2D eigenvalue weighted by Crippen LogP contribution is -2.50. The molecule has 0 aromatic heterocycles. The van der Waals surface area contributed by atoms with Crippen molar-refractivity contribution in [1.82, 2.24) is 0 Å². The lowest BCUT2D eigenvalue weighted by atomic mass is 9.52. The smallest absolute Gasteiger partial charge is 0.137 e. The average Bonchev–Trinajstić information content (AvgIpc) is 2.69. The van der Waals surface area contributed by atoms with Crippen LogP contribution in [0.2, 0.25) is 0 Å². The molecule has 0 radical (unpaired) electrons. The minimum absolute atomic E-state index is 0.122. The van der Waals surface area contributed by atoms with E-state index in [1.54, 1.807) is 5.57 Å². The quantitative estimate of drug-likeness (QED) is 0.683. The molecule has 0 aromatic carbocycles. The summed E-state index contributed by atoms with van der Waals surface area (Å²) in [7, 11) is 0. The third-order valence-corrected chi connectivity index (χ3v) is 7.76. The van der Waals surface area contributed by atoms with Gasteiger partial charge in [-0.15, -0.1) is 0 Å². The van der Waals surface area contributed by atoms with Crippen molar-refractivity contribution in [1.29, 1.82) is 0 Å². The van der Waals surface area contributed by atoms with Crippen molar-refractivity contribution in [3.05, 3.63) is 11.1 Å². The molecular formula is C19H28O2. The lowest BCUT2D eigenvalue weighted by molar-refractivity contribution is -0.119. The summed E-state index contributed by atoms with van der Waals surface area (Å²) in [5.74, 6) is 2.65. The van der Waals surface area contributed by atoms with Gasteiger partial charge in [0.05, 0.1) is 5.60 Å². The van der Waals surface area contributed by atoms with Crippen LogP contribution in [0.1, 0.15) is 71.6 Å². The van der Waals surface area contributed by atoms with Gasteiger partial charge in [-0.2, -0.15) is 0 Å². The zero-order chi connectivity index (χ0) is 14.8. The zero-order valence-electron chi connectivity index (χ0n) is 13.5. The molecule has 0 amide bonds. The molecule has 1 N–H and O–H groups in total. The first-order valence-electron chi connectivity index (χ1n) is 8.87. The number of allylic oxidation sites excluding steroid dienone is 2. The molecule has 0 heterocycles.